The van der Waals surface area contributed by atoms with Gasteiger partial charge in [0.25, 0.3) is 0 Å². The summed E-state index contributed by atoms with van der Waals surface area (Å²) in [5, 5.41) is 21.1. The number of aliphatic hydroxyl groups excluding tert-OH is 2. The van der Waals surface area contributed by atoms with Gasteiger partial charge in [-0.25, -0.2) is 0 Å². The predicted octanol–water partition coefficient (Wildman–Crippen LogP) is 2.73. The van der Waals surface area contributed by atoms with Crippen molar-refractivity contribution in [3.05, 3.63) is 66.2 Å². The molecular formula is C20H22O5S. The van der Waals surface area contributed by atoms with E-state index >= 15 is 0 Å². The fraction of sp³-hybridized carbons (Fsp3) is 0.400. The first-order valence-electron chi connectivity index (χ1n) is 8.76. The van der Waals surface area contributed by atoms with E-state index in [0.29, 0.717) is 6.61 Å². The average molecular weight is 374 g/mol. The minimum Gasteiger partial charge on any atom is -0.390 e. The number of hydrogen-bond donors (Lipinski definition) is 2. The van der Waals surface area contributed by atoms with Crippen molar-refractivity contribution in [3.63, 3.8) is 0 Å². The second-order valence-electron chi connectivity index (χ2n) is 6.52. The molecule has 0 aliphatic carbocycles. The van der Waals surface area contributed by atoms with E-state index in [1.807, 2.05) is 60.7 Å². The predicted molar refractivity (Wildman–Crippen MR) is 97.6 cm³/mol. The van der Waals surface area contributed by atoms with Gasteiger partial charge < -0.3 is 24.4 Å². The van der Waals surface area contributed by atoms with Crippen molar-refractivity contribution in [1.29, 1.82) is 0 Å². The van der Waals surface area contributed by atoms with Crippen LogP contribution >= 0.6 is 11.8 Å². The second kappa shape index (κ2) is 8.08. The molecule has 4 rings (SSSR count). The van der Waals surface area contributed by atoms with Gasteiger partial charge in [0.15, 0.2) is 6.29 Å². The molecule has 2 N–H and O–H groups in total. The highest BCUT2D eigenvalue weighted by Crippen LogP contribution is 2.37. The molecule has 2 aromatic rings. The number of thioether (sulfide) groups is 1. The first-order valence-corrected chi connectivity index (χ1v) is 9.64. The Hall–Kier alpha value is -1.41. The molecule has 0 aromatic heterocycles. The fourth-order valence-electron chi connectivity index (χ4n) is 3.28. The molecule has 0 radical (unpaired) electrons. The smallest absolute Gasteiger partial charge is 0.184 e. The van der Waals surface area contributed by atoms with Gasteiger partial charge in [0, 0.05) is 16.9 Å². The summed E-state index contributed by atoms with van der Waals surface area (Å²) in [6, 6.07) is 19.4. The van der Waals surface area contributed by atoms with Gasteiger partial charge in [-0.1, -0.05) is 60.3 Å². The minimum absolute atomic E-state index is 0.202. The molecule has 2 saturated heterocycles. The molecule has 2 heterocycles. The summed E-state index contributed by atoms with van der Waals surface area (Å²) in [6.07, 6.45) is -2.90. The lowest BCUT2D eigenvalue weighted by molar-refractivity contribution is -0.280. The molecule has 0 bridgehead atoms. The molecule has 2 fully saturated rings. The highest BCUT2D eigenvalue weighted by atomic mass is 32.2. The van der Waals surface area contributed by atoms with Gasteiger partial charge in [-0.2, -0.15) is 0 Å². The first-order chi connectivity index (χ1) is 12.7. The molecule has 0 saturated carbocycles. The normalized spacial score (nSPS) is 34.7. The van der Waals surface area contributed by atoms with Crippen LogP contribution in [0.4, 0.5) is 0 Å². The van der Waals surface area contributed by atoms with Gasteiger partial charge in [-0.3, -0.25) is 0 Å². The van der Waals surface area contributed by atoms with Gasteiger partial charge in [0.05, 0.1) is 18.8 Å². The van der Waals surface area contributed by atoms with Crippen molar-refractivity contribution in [2.75, 3.05) is 6.61 Å². The summed E-state index contributed by atoms with van der Waals surface area (Å²) in [4.78, 5) is 1.00. The zero-order chi connectivity index (χ0) is 17.9. The van der Waals surface area contributed by atoms with E-state index in [1.54, 1.807) is 0 Å². The maximum absolute atomic E-state index is 10.6. The molecule has 26 heavy (non-hydrogen) atoms. The Morgan fingerprint density at radius 1 is 0.846 bits per heavy atom. The molecule has 138 valence electrons. The van der Waals surface area contributed by atoms with Crippen molar-refractivity contribution in [1.82, 2.24) is 0 Å². The van der Waals surface area contributed by atoms with Gasteiger partial charge in [0.2, 0.25) is 0 Å². The van der Waals surface area contributed by atoms with E-state index < -0.39 is 36.1 Å². The van der Waals surface area contributed by atoms with Crippen molar-refractivity contribution >= 4 is 11.8 Å². The number of fused-ring (bicyclic) bond motifs is 1. The van der Waals surface area contributed by atoms with Crippen LogP contribution in [0.2, 0.25) is 0 Å². The molecule has 2 aliphatic rings. The molecule has 2 aliphatic heterocycles. The van der Waals surface area contributed by atoms with Gasteiger partial charge in [0.1, 0.15) is 17.6 Å². The van der Waals surface area contributed by atoms with Crippen LogP contribution in [0.5, 0.6) is 0 Å². The lowest BCUT2D eigenvalue weighted by Crippen LogP contribution is -2.47. The van der Waals surface area contributed by atoms with E-state index in [9.17, 15) is 10.2 Å². The summed E-state index contributed by atoms with van der Waals surface area (Å²) in [7, 11) is 0. The maximum atomic E-state index is 10.6. The zero-order valence-electron chi connectivity index (χ0n) is 14.2. The lowest BCUT2D eigenvalue weighted by atomic mass is 10.0. The Morgan fingerprint density at radius 2 is 1.54 bits per heavy atom. The Kier molecular flexibility index (Phi) is 5.59. The van der Waals surface area contributed by atoms with Crippen LogP contribution in [0, 0.1) is 0 Å². The first kappa shape index (κ1) is 18.0. The number of ether oxygens (including phenoxy) is 3. The van der Waals surface area contributed by atoms with Gasteiger partial charge in [-0.05, 0) is 12.1 Å². The number of rotatable bonds is 3. The molecular weight excluding hydrogens is 352 g/mol. The van der Waals surface area contributed by atoms with E-state index in [-0.39, 0.29) is 6.42 Å². The number of hydrogen-bond acceptors (Lipinski definition) is 6. The SMILES string of the molecule is OC1CC(O)[C@H](Sc2ccccc2)OC2COC(c3ccccc3)O[C@H]12. The second-order valence-corrected chi connectivity index (χ2v) is 7.69. The van der Waals surface area contributed by atoms with E-state index in [4.69, 9.17) is 14.2 Å². The molecule has 6 heteroatoms. The van der Waals surface area contributed by atoms with E-state index in [1.165, 1.54) is 11.8 Å². The lowest BCUT2D eigenvalue weighted by Gasteiger charge is -2.37. The van der Waals surface area contributed by atoms with Gasteiger partial charge in [-0.15, -0.1) is 0 Å². The topological polar surface area (TPSA) is 68.2 Å². The van der Waals surface area contributed by atoms with Crippen LogP contribution in [0.25, 0.3) is 0 Å². The summed E-state index contributed by atoms with van der Waals surface area (Å²) in [5.74, 6) is 0. The monoisotopic (exact) mass is 374 g/mol. The van der Waals surface area contributed by atoms with E-state index in [0.717, 1.165) is 10.5 Å². The quantitative estimate of drug-likeness (QED) is 0.861. The molecule has 4 unspecified atom stereocenters. The van der Waals surface area contributed by atoms with Crippen molar-refractivity contribution in [3.8, 4) is 0 Å². The Balaban J connectivity index is 1.48. The summed E-state index contributed by atoms with van der Waals surface area (Å²) < 4.78 is 17.9. The van der Waals surface area contributed by atoms with Crippen LogP contribution < -0.4 is 0 Å². The third kappa shape index (κ3) is 3.96. The molecule has 5 nitrogen and oxygen atoms in total. The summed E-state index contributed by atoms with van der Waals surface area (Å²) >= 11 is 1.45. The fourth-order valence-corrected chi connectivity index (χ4v) is 4.33. The van der Waals surface area contributed by atoms with Crippen LogP contribution in [0.3, 0.4) is 0 Å². The molecule has 0 amide bonds. The Bertz CT molecular complexity index is 698. The minimum atomic E-state index is -0.813. The standard InChI is InChI=1S/C20H22O5S/c21-15-11-16(22)20(26-14-9-5-2-6-10-14)24-17-12-23-19(25-18(15)17)13-7-3-1-4-8-13/h1-10,15-22H,11-12H2/t15?,16?,17?,18-,19?,20+/m1/s1. The van der Waals surface area contributed by atoms with Crippen molar-refractivity contribution < 1.29 is 24.4 Å². The largest absolute Gasteiger partial charge is 0.390 e. The summed E-state index contributed by atoms with van der Waals surface area (Å²) in [5.41, 5.74) is 0.417. The number of benzene rings is 2. The Morgan fingerprint density at radius 3 is 2.27 bits per heavy atom. The third-order valence-electron chi connectivity index (χ3n) is 4.61. The van der Waals surface area contributed by atoms with E-state index in [2.05, 4.69) is 0 Å². The van der Waals surface area contributed by atoms with Gasteiger partial charge >= 0.3 is 0 Å². The average Bonchev–Trinajstić information content (AvgIpc) is 2.79. The van der Waals surface area contributed by atoms with Crippen molar-refractivity contribution in [2.45, 2.75) is 47.5 Å². The van der Waals surface area contributed by atoms with Crippen LogP contribution in [0.15, 0.2) is 65.6 Å². The third-order valence-corrected chi connectivity index (χ3v) is 5.81. The molecule has 0 spiro atoms. The molecule has 6 atom stereocenters. The highest BCUT2D eigenvalue weighted by molar-refractivity contribution is 7.99. The van der Waals surface area contributed by atoms with Crippen LogP contribution in [-0.2, 0) is 14.2 Å². The summed E-state index contributed by atoms with van der Waals surface area (Å²) in [6.45, 7) is 0.305. The van der Waals surface area contributed by atoms with Crippen LogP contribution in [0.1, 0.15) is 18.3 Å². The molecule has 2 aromatic carbocycles. The Labute approximate surface area is 156 Å². The highest BCUT2D eigenvalue weighted by Gasteiger charge is 2.44. The van der Waals surface area contributed by atoms with Crippen molar-refractivity contribution in [2.24, 2.45) is 0 Å². The zero-order valence-corrected chi connectivity index (χ0v) is 15.0. The maximum Gasteiger partial charge on any atom is 0.184 e. The number of aliphatic hydroxyl groups is 2. The van der Waals surface area contributed by atoms with Crippen LogP contribution in [-0.4, -0.2) is 46.7 Å².